The van der Waals surface area contributed by atoms with Crippen LogP contribution in [0.4, 0.5) is 0 Å². The van der Waals surface area contributed by atoms with E-state index < -0.39 is 16.1 Å². The van der Waals surface area contributed by atoms with E-state index in [9.17, 15) is 8.42 Å². The van der Waals surface area contributed by atoms with Gasteiger partial charge < -0.3 is 5.73 Å². The minimum atomic E-state index is -3.88. The molecule has 1 atom stereocenters. The van der Waals surface area contributed by atoms with Crippen molar-refractivity contribution in [3.05, 3.63) is 26.7 Å². The Bertz CT molecular complexity index is 569. The van der Waals surface area contributed by atoms with E-state index in [1.54, 1.807) is 0 Å². The van der Waals surface area contributed by atoms with Crippen molar-refractivity contribution < 1.29 is 8.42 Å². The molecule has 3 N–H and O–H groups in total. The Balaban J connectivity index is 3.25. The molecular weight excluding hydrogens is 383 g/mol. The highest BCUT2D eigenvalue weighted by molar-refractivity contribution is 9.10. The molecule has 0 radical (unpaired) electrons. The molecule has 0 fully saturated rings. The number of hydrogen-bond acceptors (Lipinski definition) is 3. The van der Waals surface area contributed by atoms with E-state index in [-0.39, 0.29) is 19.9 Å². The lowest BCUT2D eigenvalue weighted by molar-refractivity contribution is 0.579. The molecule has 0 amide bonds. The first-order valence-electron chi connectivity index (χ1n) is 4.61. The van der Waals surface area contributed by atoms with Crippen LogP contribution < -0.4 is 10.5 Å². The van der Waals surface area contributed by atoms with Crippen LogP contribution in [-0.2, 0) is 10.0 Å². The number of sulfonamides is 1. The Labute approximate surface area is 129 Å². The molecule has 100 valence electrons. The second kappa shape index (κ2) is 6.02. The Hall–Kier alpha value is 0.0800. The molecule has 0 aromatic heterocycles. The molecule has 1 rings (SSSR count). The van der Waals surface area contributed by atoms with E-state index >= 15 is 0 Å². The minimum Gasteiger partial charge on any atom is -0.392 e. The van der Waals surface area contributed by atoms with Crippen LogP contribution in [0.1, 0.15) is 6.92 Å². The van der Waals surface area contributed by atoms with Crippen LogP contribution in [0.3, 0.4) is 0 Å². The van der Waals surface area contributed by atoms with Crippen molar-refractivity contribution in [3.8, 4) is 0 Å². The van der Waals surface area contributed by atoms with Gasteiger partial charge in [0, 0.05) is 4.47 Å². The molecule has 0 aliphatic rings. The highest BCUT2D eigenvalue weighted by atomic mass is 79.9. The molecule has 18 heavy (non-hydrogen) atoms. The highest BCUT2D eigenvalue weighted by Gasteiger charge is 2.24. The van der Waals surface area contributed by atoms with Crippen molar-refractivity contribution in [2.24, 2.45) is 5.73 Å². The fourth-order valence-corrected chi connectivity index (χ4v) is 4.43. The third-order valence-electron chi connectivity index (χ3n) is 1.99. The molecular formula is C9H9BrCl2N2O2S2. The molecule has 0 bridgehead atoms. The predicted molar refractivity (Wildman–Crippen MR) is 80.7 cm³/mol. The second-order valence-corrected chi connectivity index (χ2v) is 7.30. The van der Waals surface area contributed by atoms with Gasteiger partial charge in [-0.25, -0.2) is 13.1 Å². The minimum absolute atomic E-state index is 0.0111. The first-order valence-corrected chi connectivity index (χ1v) is 8.05. The molecule has 1 aromatic carbocycles. The third kappa shape index (κ3) is 3.79. The zero-order valence-electron chi connectivity index (χ0n) is 9.08. The van der Waals surface area contributed by atoms with E-state index in [1.165, 1.54) is 19.1 Å². The number of nitrogens with one attached hydrogen (secondary N) is 1. The number of benzene rings is 1. The highest BCUT2D eigenvalue weighted by Crippen LogP contribution is 2.32. The van der Waals surface area contributed by atoms with Crippen LogP contribution in [0.15, 0.2) is 21.5 Å². The molecule has 1 aromatic rings. The van der Waals surface area contributed by atoms with Gasteiger partial charge in [-0.05, 0) is 19.1 Å². The number of thiocarbonyl (C=S) groups is 1. The third-order valence-corrected chi connectivity index (χ3v) is 5.26. The largest absolute Gasteiger partial charge is 0.392 e. The van der Waals surface area contributed by atoms with E-state index in [1.807, 2.05) is 0 Å². The topological polar surface area (TPSA) is 72.2 Å². The van der Waals surface area contributed by atoms with Crippen molar-refractivity contribution >= 4 is 66.4 Å². The van der Waals surface area contributed by atoms with Crippen LogP contribution in [0.25, 0.3) is 0 Å². The maximum atomic E-state index is 12.1. The summed E-state index contributed by atoms with van der Waals surface area (Å²) in [5, 5.41) is 0.0222. The smallest absolute Gasteiger partial charge is 0.244 e. The molecule has 1 unspecified atom stereocenters. The summed E-state index contributed by atoms with van der Waals surface area (Å²) in [4.78, 5) is -0.167. The molecule has 0 aliphatic heterocycles. The summed E-state index contributed by atoms with van der Waals surface area (Å²) in [5.74, 6) is 0. The Morgan fingerprint density at radius 2 is 1.89 bits per heavy atom. The molecule has 4 nitrogen and oxygen atoms in total. The van der Waals surface area contributed by atoms with Gasteiger partial charge in [-0.1, -0.05) is 51.3 Å². The van der Waals surface area contributed by atoms with Gasteiger partial charge in [0.1, 0.15) is 4.90 Å². The predicted octanol–water partition coefficient (Wildman–Crippen LogP) is 2.71. The van der Waals surface area contributed by atoms with Crippen molar-refractivity contribution in [1.29, 1.82) is 0 Å². The van der Waals surface area contributed by atoms with Crippen LogP contribution in [-0.4, -0.2) is 19.4 Å². The first-order chi connectivity index (χ1) is 8.15. The summed E-state index contributed by atoms with van der Waals surface area (Å²) in [6.07, 6.45) is 0. The Morgan fingerprint density at radius 3 is 2.28 bits per heavy atom. The van der Waals surface area contributed by atoms with Gasteiger partial charge in [0.2, 0.25) is 10.0 Å². The van der Waals surface area contributed by atoms with Gasteiger partial charge in [-0.15, -0.1) is 0 Å². The summed E-state index contributed by atoms with van der Waals surface area (Å²) in [6, 6.07) is 2.18. The number of hydrogen-bond donors (Lipinski definition) is 2. The SMILES string of the molecule is CC(NS(=O)(=O)c1c(Cl)cc(Br)cc1Cl)C(N)=S. The molecule has 0 aliphatic carbocycles. The van der Waals surface area contributed by atoms with E-state index in [0.29, 0.717) is 4.47 Å². The van der Waals surface area contributed by atoms with Crippen molar-refractivity contribution in [2.45, 2.75) is 17.9 Å². The summed E-state index contributed by atoms with van der Waals surface area (Å²) in [5.41, 5.74) is 5.35. The number of rotatable bonds is 4. The molecule has 0 saturated heterocycles. The Kier molecular flexibility index (Phi) is 5.40. The van der Waals surface area contributed by atoms with Crippen LogP contribution >= 0.6 is 51.3 Å². The van der Waals surface area contributed by atoms with Crippen LogP contribution in [0, 0.1) is 0 Å². The van der Waals surface area contributed by atoms with Crippen LogP contribution in [0.2, 0.25) is 10.0 Å². The normalized spacial score (nSPS) is 13.3. The fourth-order valence-electron chi connectivity index (χ4n) is 1.14. The molecule has 0 spiro atoms. The molecule has 9 heteroatoms. The quantitative estimate of drug-likeness (QED) is 0.774. The average molecular weight is 392 g/mol. The zero-order chi connectivity index (χ0) is 14.1. The maximum Gasteiger partial charge on any atom is 0.244 e. The van der Waals surface area contributed by atoms with Gasteiger partial charge >= 0.3 is 0 Å². The summed E-state index contributed by atoms with van der Waals surface area (Å²) >= 11 is 19.6. The lowest BCUT2D eigenvalue weighted by Crippen LogP contribution is -2.41. The summed E-state index contributed by atoms with van der Waals surface area (Å²) < 4.78 is 27.1. The van der Waals surface area contributed by atoms with Crippen molar-refractivity contribution in [2.75, 3.05) is 0 Å². The summed E-state index contributed by atoms with van der Waals surface area (Å²) in [6.45, 7) is 1.53. The lowest BCUT2D eigenvalue weighted by atomic mass is 10.4. The van der Waals surface area contributed by atoms with E-state index in [0.717, 1.165) is 0 Å². The maximum absolute atomic E-state index is 12.1. The van der Waals surface area contributed by atoms with Gasteiger partial charge in [0.05, 0.1) is 21.1 Å². The monoisotopic (exact) mass is 390 g/mol. The standard InChI is InChI=1S/C9H9BrCl2N2O2S2/c1-4(9(13)17)14-18(15,16)8-6(11)2-5(10)3-7(8)12/h2-4,14H,1H3,(H2,13,17). The number of nitrogens with two attached hydrogens (primary N) is 1. The van der Waals surface area contributed by atoms with Gasteiger partial charge in [0.15, 0.2) is 0 Å². The average Bonchev–Trinajstić information content (AvgIpc) is 2.13. The molecule has 0 saturated carbocycles. The second-order valence-electron chi connectivity index (χ2n) is 3.44. The zero-order valence-corrected chi connectivity index (χ0v) is 13.8. The van der Waals surface area contributed by atoms with Crippen molar-refractivity contribution in [1.82, 2.24) is 4.72 Å². The van der Waals surface area contributed by atoms with Crippen LogP contribution in [0.5, 0.6) is 0 Å². The molecule has 0 heterocycles. The first kappa shape index (κ1) is 16.1. The summed E-state index contributed by atoms with van der Waals surface area (Å²) in [7, 11) is -3.88. The number of halogens is 3. The van der Waals surface area contributed by atoms with E-state index in [4.69, 9.17) is 41.2 Å². The fraction of sp³-hybridized carbons (Fsp3) is 0.222. The van der Waals surface area contributed by atoms with Gasteiger partial charge in [0.25, 0.3) is 0 Å². The lowest BCUT2D eigenvalue weighted by Gasteiger charge is -2.14. The van der Waals surface area contributed by atoms with Gasteiger partial charge in [-0.2, -0.15) is 0 Å². The van der Waals surface area contributed by atoms with Crippen molar-refractivity contribution in [3.63, 3.8) is 0 Å². The Morgan fingerprint density at radius 1 is 1.44 bits per heavy atom. The van der Waals surface area contributed by atoms with Gasteiger partial charge in [-0.3, -0.25) is 0 Å². The van der Waals surface area contributed by atoms with E-state index in [2.05, 4.69) is 20.7 Å².